The van der Waals surface area contributed by atoms with Crippen LogP contribution in [-0.2, 0) is 9.53 Å². The third-order valence-electron chi connectivity index (χ3n) is 2.92. The van der Waals surface area contributed by atoms with Crippen LogP contribution in [0.5, 0.6) is 0 Å². The molecule has 0 saturated carbocycles. The molecule has 15 heavy (non-hydrogen) atoms. The second-order valence-corrected chi connectivity index (χ2v) is 4.62. The van der Waals surface area contributed by atoms with Crippen molar-refractivity contribution in [3.63, 3.8) is 0 Å². The van der Waals surface area contributed by atoms with Gasteiger partial charge < -0.3 is 9.84 Å². The molecule has 2 atom stereocenters. The van der Waals surface area contributed by atoms with E-state index in [-0.39, 0.29) is 23.9 Å². The number of rotatable bonds is 7. The normalized spacial score (nSPS) is 16.9. The fourth-order valence-corrected chi connectivity index (χ4v) is 1.20. The maximum Gasteiger partial charge on any atom is 0.308 e. The molecule has 0 aliphatic rings. The van der Waals surface area contributed by atoms with Crippen LogP contribution in [0.15, 0.2) is 0 Å². The van der Waals surface area contributed by atoms with Gasteiger partial charge in [-0.25, -0.2) is 0 Å². The van der Waals surface area contributed by atoms with Crippen molar-refractivity contribution in [1.29, 1.82) is 0 Å². The number of esters is 1. The Bertz CT molecular complexity index is 185. The van der Waals surface area contributed by atoms with Crippen LogP contribution in [0, 0.1) is 11.3 Å². The summed E-state index contributed by atoms with van der Waals surface area (Å²) in [6.07, 6.45) is 2.65. The first-order valence-corrected chi connectivity index (χ1v) is 5.76. The summed E-state index contributed by atoms with van der Waals surface area (Å²) in [7, 11) is 0. The molecule has 0 saturated heterocycles. The SMILES string of the molecule is CCCC(C)C(=O)OCC(C)(CC)CO. The molecule has 3 heteroatoms. The Kier molecular flexibility index (Phi) is 6.57. The van der Waals surface area contributed by atoms with E-state index in [1.807, 2.05) is 27.7 Å². The van der Waals surface area contributed by atoms with Crippen molar-refractivity contribution in [2.75, 3.05) is 13.2 Å². The first kappa shape index (κ1) is 14.4. The van der Waals surface area contributed by atoms with E-state index < -0.39 is 0 Å². The highest BCUT2D eigenvalue weighted by atomic mass is 16.5. The molecule has 0 heterocycles. The zero-order chi connectivity index (χ0) is 11.9. The summed E-state index contributed by atoms with van der Waals surface area (Å²) < 4.78 is 5.20. The largest absolute Gasteiger partial charge is 0.465 e. The first-order valence-electron chi connectivity index (χ1n) is 5.76. The van der Waals surface area contributed by atoms with Crippen molar-refractivity contribution in [3.05, 3.63) is 0 Å². The van der Waals surface area contributed by atoms with Gasteiger partial charge >= 0.3 is 5.97 Å². The van der Waals surface area contributed by atoms with Crippen LogP contribution in [0.3, 0.4) is 0 Å². The fraction of sp³-hybridized carbons (Fsp3) is 0.917. The van der Waals surface area contributed by atoms with E-state index in [4.69, 9.17) is 9.84 Å². The highest BCUT2D eigenvalue weighted by Gasteiger charge is 2.24. The van der Waals surface area contributed by atoms with E-state index in [9.17, 15) is 4.79 Å². The van der Waals surface area contributed by atoms with Crippen LogP contribution in [0.4, 0.5) is 0 Å². The molecule has 0 radical (unpaired) electrons. The number of carbonyl (C=O) groups excluding carboxylic acids is 1. The smallest absolute Gasteiger partial charge is 0.308 e. The minimum absolute atomic E-state index is 0.0326. The molecule has 0 aliphatic heterocycles. The van der Waals surface area contributed by atoms with E-state index >= 15 is 0 Å². The molecule has 0 spiro atoms. The summed E-state index contributed by atoms with van der Waals surface area (Å²) in [5.74, 6) is -0.181. The Labute approximate surface area is 92.8 Å². The second kappa shape index (κ2) is 6.83. The van der Waals surface area contributed by atoms with Gasteiger partial charge in [0.15, 0.2) is 0 Å². The lowest BCUT2D eigenvalue weighted by molar-refractivity contribution is -0.152. The summed E-state index contributed by atoms with van der Waals surface area (Å²) in [5, 5.41) is 9.15. The summed E-state index contributed by atoms with van der Waals surface area (Å²) >= 11 is 0. The van der Waals surface area contributed by atoms with E-state index in [0.29, 0.717) is 6.61 Å². The van der Waals surface area contributed by atoms with Crippen LogP contribution >= 0.6 is 0 Å². The fourth-order valence-electron chi connectivity index (χ4n) is 1.20. The predicted octanol–water partition coefficient (Wildman–Crippen LogP) is 2.37. The first-order chi connectivity index (χ1) is 6.99. The summed E-state index contributed by atoms with van der Waals surface area (Å²) in [6, 6.07) is 0. The molecular formula is C12H24O3. The van der Waals surface area contributed by atoms with Crippen LogP contribution < -0.4 is 0 Å². The van der Waals surface area contributed by atoms with Crippen LogP contribution in [0.25, 0.3) is 0 Å². The van der Waals surface area contributed by atoms with Gasteiger partial charge in [-0.1, -0.05) is 34.1 Å². The molecular weight excluding hydrogens is 192 g/mol. The molecule has 0 fully saturated rings. The molecule has 0 aromatic heterocycles. The van der Waals surface area contributed by atoms with Crippen molar-refractivity contribution in [3.8, 4) is 0 Å². The van der Waals surface area contributed by atoms with Gasteiger partial charge in [-0.05, 0) is 12.8 Å². The summed E-state index contributed by atoms with van der Waals surface area (Å²) in [6.45, 7) is 8.21. The molecule has 0 rings (SSSR count). The Hall–Kier alpha value is -0.570. The van der Waals surface area contributed by atoms with Gasteiger partial charge in [0.2, 0.25) is 0 Å². The van der Waals surface area contributed by atoms with E-state index in [1.54, 1.807) is 0 Å². The zero-order valence-corrected chi connectivity index (χ0v) is 10.4. The molecule has 0 amide bonds. The van der Waals surface area contributed by atoms with Crippen LogP contribution in [0.2, 0.25) is 0 Å². The Balaban J connectivity index is 3.98. The minimum atomic E-state index is -0.290. The van der Waals surface area contributed by atoms with Gasteiger partial charge in [0.05, 0.1) is 19.1 Å². The minimum Gasteiger partial charge on any atom is -0.465 e. The number of aliphatic hydroxyl groups excluding tert-OH is 1. The van der Waals surface area contributed by atoms with Crippen molar-refractivity contribution in [1.82, 2.24) is 0 Å². The third-order valence-corrected chi connectivity index (χ3v) is 2.92. The van der Waals surface area contributed by atoms with Gasteiger partial charge in [-0.15, -0.1) is 0 Å². The quantitative estimate of drug-likeness (QED) is 0.665. The Morgan fingerprint density at radius 2 is 2.07 bits per heavy atom. The number of hydrogen-bond donors (Lipinski definition) is 1. The standard InChI is InChI=1S/C12H24O3/c1-5-7-10(3)11(14)15-9-12(4,6-2)8-13/h10,13H,5-9H2,1-4H3. The maximum absolute atomic E-state index is 11.5. The predicted molar refractivity (Wildman–Crippen MR) is 60.5 cm³/mol. The molecule has 0 bridgehead atoms. The molecule has 2 unspecified atom stereocenters. The number of aliphatic hydroxyl groups is 1. The highest BCUT2D eigenvalue weighted by molar-refractivity contribution is 5.71. The molecule has 3 nitrogen and oxygen atoms in total. The van der Waals surface area contributed by atoms with Gasteiger partial charge in [-0.3, -0.25) is 4.79 Å². The highest BCUT2D eigenvalue weighted by Crippen LogP contribution is 2.21. The average Bonchev–Trinajstić information content (AvgIpc) is 2.25. The van der Waals surface area contributed by atoms with Crippen molar-refractivity contribution in [2.24, 2.45) is 11.3 Å². The average molecular weight is 216 g/mol. The molecule has 0 aliphatic carbocycles. The lowest BCUT2D eigenvalue weighted by Crippen LogP contribution is -2.29. The summed E-state index contributed by atoms with van der Waals surface area (Å²) in [5.41, 5.74) is -0.290. The molecule has 0 aromatic carbocycles. The van der Waals surface area contributed by atoms with E-state index in [0.717, 1.165) is 19.3 Å². The van der Waals surface area contributed by atoms with Gasteiger partial charge in [-0.2, -0.15) is 0 Å². The van der Waals surface area contributed by atoms with Crippen molar-refractivity contribution >= 4 is 5.97 Å². The lowest BCUT2D eigenvalue weighted by Gasteiger charge is -2.25. The number of hydrogen-bond acceptors (Lipinski definition) is 3. The Morgan fingerprint density at radius 3 is 2.47 bits per heavy atom. The Morgan fingerprint density at radius 1 is 1.47 bits per heavy atom. The number of carbonyl (C=O) groups is 1. The third kappa shape index (κ3) is 5.17. The van der Waals surface area contributed by atoms with Gasteiger partial charge in [0.1, 0.15) is 0 Å². The zero-order valence-electron chi connectivity index (χ0n) is 10.4. The molecule has 0 aromatic rings. The van der Waals surface area contributed by atoms with Gasteiger partial charge in [0, 0.05) is 5.41 Å². The van der Waals surface area contributed by atoms with Crippen molar-refractivity contribution in [2.45, 2.75) is 47.0 Å². The maximum atomic E-state index is 11.5. The van der Waals surface area contributed by atoms with E-state index in [2.05, 4.69) is 0 Å². The van der Waals surface area contributed by atoms with Crippen LogP contribution in [-0.4, -0.2) is 24.3 Å². The lowest BCUT2D eigenvalue weighted by atomic mass is 9.90. The van der Waals surface area contributed by atoms with E-state index in [1.165, 1.54) is 0 Å². The monoisotopic (exact) mass is 216 g/mol. The van der Waals surface area contributed by atoms with Gasteiger partial charge in [0.25, 0.3) is 0 Å². The summed E-state index contributed by atoms with van der Waals surface area (Å²) in [4.78, 5) is 11.5. The van der Waals surface area contributed by atoms with Crippen LogP contribution in [0.1, 0.15) is 47.0 Å². The van der Waals surface area contributed by atoms with Crippen molar-refractivity contribution < 1.29 is 14.6 Å². The topological polar surface area (TPSA) is 46.5 Å². The second-order valence-electron chi connectivity index (χ2n) is 4.62. The molecule has 90 valence electrons. The molecule has 1 N–H and O–H groups in total. The number of ether oxygens (including phenoxy) is 1.